The highest BCUT2D eigenvalue weighted by atomic mass is 16.2. The van der Waals surface area contributed by atoms with Crippen LogP contribution in [0.4, 0.5) is 0 Å². The molecule has 5 nitrogen and oxygen atoms in total. The average molecular weight is 464 g/mol. The first-order valence-corrected chi connectivity index (χ1v) is 12.1. The Morgan fingerprint density at radius 3 is 2.34 bits per heavy atom. The molecule has 0 saturated carbocycles. The van der Waals surface area contributed by atoms with Gasteiger partial charge in [-0.25, -0.2) is 0 Å². The maximum Gasteiger partial charge on any atom is 0.295 e. The van der Waals surface area contributed by atoms with Crippen LogP contribution < -0.4 is 5.32 Å². The van der Waals surface area contributed by atoms with E-state index < -0.39 is 17.7 Å². The summed E-state index contributed by atoms with van der Waals surface area (Å²) < 4.78 is 0. The Kier molecular flexibility index (Phi) is 6.49. The van der Waals surface area contributed by atoms with Crippen LogP contribution in [0.2, 0.25) is 0 Å². The maximum absolute atomic E-state index is 13.3. The largest absolute Gasteiger partial charge is 0.388 e. The van der Waals surface area contributed by atoms with Gasteiger partial charge in [-0.2, -0.15) is 0 Å². The smallest absolute Gasteiger partial charge is 0.295 e. The molecule has 1 atom stereocenters. The number of hydrogen-bond donors (Lipinski definition) is 2. The van der Waals surface area contributed by atoms with Crippen molar-refractivity contribution in [3.05, 3.63) is 119 Å². The van der Waals surface area contributed by atoms with E-state index in [1.165, 1.54) is 5.56 Å². The van der Waals surface area contributed by atoms with Crippen molar-refractivity contribution < 1.29 is 9.59 Å². The van der Waals surface area contributed by atoms with Crippen LogP contribution in [0, 0.1) is 0 Å². The van der Waals surface area contributed by atoms with Crippen LogP contribution >= 0.6 is 0 Å². The Bertz CT molecular complexity index is 1370. The van der Waals surface area contributed by atoms with Gasteiger partial charge in [0.05, 0.1) is 11.6 Å². The number of rotatable bonds is 8. The first-order chi connectivity index (χ1) is 17.1. The van der Waals surface area contributed by atoms with Gasteiger partial charge in [-0.15, -0.1) is 0 Å². The minimum absolute atomic E-state index is 0.398. The number of aromatic amines is 1. The second kappa shape index (κ2) is 10.0. The Hall–Kier alpha value is -4.12. The highest BCUT2D eigenvalue weighted by Gasteiger charge is 2.44. The predicted molar refractivity (Wildman–Crippen MR) is 139 cm³/mol. The molecule has 5 heteroatoms. The Balaban J connectivity index is 1.41. The highest BCUT2D eigenvalue weighted by molar-refractivity contribution is 6.45. The van der Waals surface area contributed by atoms with Crippen molar-refractivity contribution in [2.24, 2.45) is 0 Å². The van der Waals surface area contributed by atoms with Gasteiger partial charge in [-0.3, -0.25) is 9.59 Å². The second-order valence-electron chi connectivity index (χ2n) is 8.95. The SMILES string of the molecule is CC(NCCc1ccccc1)=C1C(=O)C(=O)N(CCc2c[nH]c3ccccc23)C1c1ccccc1. The fraction of sp³-hybridized carbons (Fsp3) is 0.200. The van der Waals surface area contributed by atoms with Crippen molar-refractivity contribution in [3.63, 3.8) is 0 Å². The molecule has 2 N–H and O–H groups in total. The molecule has 3 aromatic carbocycles. The number of nitrogens with zero attached hydrogens (tertiary/aromatic N) is 1. The molecule has 1 saturated heterocycles. The van der Waals surface area contributed by atoms with Crippen molar-refractivity contribution in [1.82, 2.24) is 15.2 Å². The molecule has 1 fully saturated rings. The molecule has 2 heterocycles. The molecule has 0 radical (unpaired) electrons. The van der Waals surface area contributed by atoms with E-state index in [4.69, 9.17) is 0 Å². The van der Waals surface area contributed by atoms with Gasteiger partial charge in [0.1, 0.15) is 0 Å². The van der Waals surface area contributed by atoms with Gasteiger partial charge in [-0.1, -0.05) is 78.9 Å². The first kappa shape index (κ1) is 22.7. The summed E-state index contributed by atoms with van der Waals surface area (Å²) in [5.74, 6) is -0.847. The van der Waals surface area contributed by atoms with Gasteiger partial charge in [0.15, 0.2) is 0 Å². The molecule has 1 aliphatic heterocycles. The van der Waals surface area contributed by atoms with Gasteiger partial charge in [0.25, 0.3) is 11.7 Å². The third-order valence-electron chi connectivity index (χ3n) is 6.75. The van der Waals surface area contributed by atoms with Gasteiger partial charge in [0, 0.05) is 35.9 Å². The van der Waals surface area contributed by atoms with E-state index in [1.807, 2.05) is 79.9 Å². The Morgan fingerprint density at radius 1 is 0.886 bits per heavy atom. The summed E-state index contributed by atoms with van der Waals surface area (Å²) in [5, 5.41) is 4.56. The molecule has 35 heavy (non-hydrogen) atoms. The first-order valence-electron chi connectivity index (χ1n) is 12.1. The number of para-hydroxylation sites is 1. The molecule has 1 aliphatic rings. The number of aromatic nitrogens is 1. The Morgan fingerprint density at radius 2 is 1.57 bits per heavy atom. The molecule has 0 spiro atoms. The summed E-state index contributed by atoms with van der Waals surface area (Å²) in [4.78, 5) is 31.5. The lowest BCUT2D eigenvalue weighted by atomic mass is 9.97. The van der Waals surface area contributed by atoms with Crippen molar-refractivity contribution >= 4 is 22.6 Å². The topological polar surface area (TPSA) is 65.2 Å². The van der Waals surface area contributed by atoms with Crippen LogP contribution in [-0.2, 0) is 22.4 Å². The quantitative estimate of drug-likeness (QED) is 0.286. The molecule has 1 aromatic heterocycles. The number of Topliss-reactive ketones (excluding diaryl/α,β-unsaturated/α-hetero) is 1. The van der Waals surface area contributed by atoms with Crippen LogP contribution in [0.25, 0.3) is 10.9 Å². The number of hydrogen-bond acceptors (Lipinski definition) is 3. The van der Waals surface area contributed by atoms with E-state index in [0.717, 1.165) is 34.1 Å². The molecule has 176 valence electrons. The number of nitrogens with one attached hydrogen (secondary N) is 2. The standard InChI is InChI=1S/C30H29N3O2/c1-21(31-18-16-22-10-4-2-5-11-22)27-28(23-12-6-3-7-13-23)33(30(35)29(27)34)19-17-24-20-32-26-15-9-8-14-25(24)26/h2-15,20,28,31-32H,16-19H2,1H3. The van der Waals surface area contributed by atoms with Crippen molar-refractivity contribution in [1.29, 1.82) is 0 Å². The van der Waals surface area contributed by atoms with E-state index in [2.05, 4.69) is 28.5 Å². The van der Waals surface area contributed by atoms with E-state index in [9.17, 15) is 9.59 Å². The van der Waals surface area contributed by atoms with E-state index in [-0.39, 0.29) is 0 Å². The lowest BCUT2D eigenvalue weighted by molar-refractivity contribution is -0.139. The van der Waals surface area contributed by atoms with Gasteiger partial charge in [-0.05, 0) is 42.5 Å². The van der Waals surface area contributed by atoms with E-state index in [0.29, 0.717) is 25.1 Å². The van der Waals surface area contributed by atoms with Crippen LogP contribution in [0.5, 0.6) is 0 Å². The minimum Gasteiger partial charge on any atom is -0.388 e. The summed E-state index contributed by atoms with van der Waals surface area (Å²) >= 11 is 0. The number of likely N-dealkylation sites (tertiary alicyclic amines) is 1. The third-order valence-corrected chi connectivity index (χ3v) is 6.75. The number of H-pyrrole nitrogens is 1. The average Bonchev–Trinajstić information content (AvgIpc) is 3.42. The lowest BCUT2D eigenvalue weighted by Gasteiger charge is -2.26. The van der Waals surface area contributed by atoms with Gasteiger partial charge in [0.2, 0.25) is 0 Å². The zero-order chi connectivity index (χ0) is 24.2. The monoisotopic (exact) mass is 463 g/mol. The fourth-order valence-corrected chi connectivity index (χ4v) is 4.94. The van der Waals surface area contributed by atoms with Gasteiger partial charge >= 0.3 is 0 Å². The summed E-state index contributed by atoms with van der Waals surface area (Å²) in [6.07, 6.45) is 3.51. The molecule has 1 amide bonds. The zero-order valence-electron chi connectivity index (χ0n) is 19.8. The minimum atomic E-state index is -0.432. The predicted octanol–water partition coefficient (Wildman–Crippen LogP) is 4.97. The summed E-state index contributed by atoms with van der Waals surface area (Å²) in [6, 6.07) is 27.8. The number of fused-ring (bicyclic) bond motifs is 1. The molecule has 0 aliphatic carbocycles. The van der Waals surface area contributed by atoms with Crippen LogP contribution in [0.15, 0.2) is 102 Å². The number of allylic oxidation sites excluding steroid dienone is 1. The summed E-state index contributed by atoms with van der Waals surface area (Å²) in [6.45, 7) is 3.06. The lowest BCUT2D eigenvalue weighted by Crippen LogP contribution is -2.31. The van der Waals surface area contributed by atoms with Crippen LogP contribution in [0.3, 0.4) is 0 Å². The molecule has 5 rings (SSSR count). The van der Waals surface area contributed by atoms with Gasteiger partial charge < -0.3 is 15.2 Å². The van der Waals surface area contributed by atoms with Crippen molar-refractivity contribution in [3.8, 4) is 0 Å². The van der Waals surface area contributed by atoms with Crippen LogP contribution in [0.1, 0.15) is 29.7 Å². The molecular formula is C30H29N3O2. The summed E-state index contributed by atoms with van der Waals surface area (Å²) in [7, 11) is 0. The zero-order valence-corrected chi connectivity index (χ0v) is 19.8. The molecular weight excluding hydrogens is 434 g/mol. The summed E-state index contributed by atoms with van der Waals surface area (Å²) in [5.41, 5.74) is 5.71. The maximum atomic E-state index is 13.3. The van der Waals surface area contributed by atoms with E-state index in [1.54, 1.807) is 4.90 Å². The van der Waals surface area contributed by atoms with Crippen molar-refractivity contribution in [2.45, 2.75) is 25.8 Å². The number of ketones is 1. The number of carbonyl (C=O) groups excluding carboxylic acids is 2. The molecule has 4 aromatic rings. The second-order valence-corrected chi connectivity index (χ2v) is 8.95. The Labute approximate surface area is 205 Å². The van der Waals surface area contributed by atoms with E-state index >= 15 is 0 Å². The van der Waals surface area contributed by atoms with Crippen molar-refractivity contribution in [2.75, 3.05) is 13.1 Å². The fourth-order valence-electron chi connectivity index (χ4n) is 4.94. The molecule has 0 bridgehead atoms. The highest BCUT2D eigenvalue weighted by Crippen LogP contribution is 2.37. The number of amides is 1. The third kappa shape index (κ3) is 4.62. The van der Waals surface area contributed by atoms with Crippen LogP contribution in [-0.4, -0.2) is 34.7 Å². The number of benzene rings is 3. The normalized spacial score (nSPS) is 17.3. The molecule has 1 unspecified atom stereocenters. The number of carbonyl (C=O) groups is 2.